The number of aromatic nitrogens is 2. The Morgan fingerprint density at radius 2 is 1.97 bits per heavy atom. The number of carbonyl (C=O) groups is 1. The van der Waals surface area contributed by atoms with E-state index in [9.17, 15) is 4.79 Å². The number of halogens is 1. The van der Waals surface area contributed by atoms with E-state index in [4.69, 9.17) is 16.3 Å². The largest absolute Gasteiger partial charge is 0.484 e. The fourth-order valence-electron chi connectivity index (χ4n) is 3.11. The first-order valence-corrected chi connectivity index (χ1v) is 11.2. The van der Waals surface area contributed by atoms with E-state index in [0.29, 0.717) is 28.4 Å². The normalized spacial score (nSPS) is 11.1. The van der Waals surface area contributed by atoms with Crippen molar-refractivity contribution < 1.29 is 9.53 Å². The molecule has 0 N–H and O–H groups in total. The molecule has 0 fully saturated rings. The number of hydrogen-bond acceptors (Lipinski definition) is 5. The average molecular weight is 452 g/mol. The maximum Gasteiger partial charge on any atom is 0.267 e. The second kappa shape index (κ2) is 9.45. The minimum Gasteiger partial charge on any atom is -0.484 e. The summed E-state index contributed by atoms with van der Waals surface area (Å²) in [7, 11) is 0. The molecule has 158 valence electrons. The molecule has 1 amide bonds. The number of amides is 1. The van der Waals surface area contributed by atoms with Crippen LogP contribution in [0.3, 0.4) is 0 Å². The van der Waals surface area contributed by atoms with E-state index in [1.165, 1.54) is 16.9 Å². The molecule has 7 heteroatoms. The van der Waals surface area contributed by atoms with Crippen LogP contribution in [0.2, 0.25) is 5.02 Å². The molecule has 0 radical (unpaired) electrons. The van der Waals surface area contributed by atoms with Crippen LogP contribution in [0.5, 0.6) is 5.75 Å². The van der Waals surface area contributed by atoms with Gasteiger partial charge in [-0.3, -0.25) is 14.7 Å². The molecule has 0 unspecified atom stereocenters. The number of rotatable bonds is 7. The molecule has 2 aromatic heterocycles. The van der Waals surface area contributed by atoms with Crippen molar-refractivity contribution in [1.29, 1.82) is 0 Å². The Morgan fingerprint density at radius 1 is 1.16 bits per heavy atom. The van der Waals surface area contributed by atoms with Crippen LogP contribution in [0.4, 0.5) is 5.13 Å². The number of fused-ring (bicyclic) bond motifs is 1. The third-order valence-corrected chi connectivity index (χ3v) is 6.12. The predicted molar refractivity (Wildman–Crippen MR) is 126 cm³/mol. The van der Waals surface area contributed by atoms with Crippen LogP contribution in [0.1, 0.15) is 30.9 Å². The van der Waals surface area contributed by atoms with Crippen LogP contribution in [-0.4, -0.2) is 22.5 Å². The summed E-state index contributed by atoms with van der Waals surface area (Å²) in [6, 6.07) is 17.1. The zero-order chi connectivity index (χ0) is 21.8. The zero-order valence-corrected chi connectivity index (χ0v) is 18.9. The SMILES string of the molecule is CC(C)c1ccc(OCC(=O)N(Cc2cccnc2)c2nc3ccc(Cl)cc3s2)cc1. The summed E-state index contributed by atoms with van der Waals surface area (Å²) in [4.78, 5) is 23.6. The summed E-state index contributed by atoms with van der Waals surface area (Å²) in [5, 5.41) is 1.24. The number of thiazole rings is 1. The molecule has 31 heavy (non-hydrogen) atoms. The maximum atomic E-state index is 13.2. The molecule has 0 aliphatic carbocycles. The summed E-state index contributed by atoms with van der Waals surface area (Å²) in [5.74, 6) is 0.926. The molecule has 5 nitrogen and oxygen atoms in total. The van der Waals surface area contributed by atoms with Gasteiger partial charge in [0.25, 0.3) is 5.91 Å². The standard InChI is InChI=1S/C24H22ClN3O2S/c1-16(2)18-5-8-20(9-6-18)30-15-23(29)28(14-17-4-3-11-26-13-17)24-27-21-10-7-19(25)12-22(21)31-24/h3-13,16H,14-15H2,1-2H3. The van der Waals surface area contributed by atoms with Crippen molar-refractivity contribution >= 4 is 44.2 Å². The molecule has 0 saturated carbocycles. The molecular weight excluding hydrogens is 430 g/mol. The van der Waals surface area contributed by atoms with Gasteiger partial charge in [0.15, 0.2) is 11.7 Å². The van der Waals surface area contributed by atoms with Crippen molar-refractivity contribution in [1.82, 2.24) is 9.97 Å². The van der Waals surface area contributed by atoms with Crippen molar-refractivity contribution in [3.05, 3.63) is 83.1 Å². The number of anilines is 1. The van der Waals surface area contributed by atoms with E-state index < -0.39 is 0 Å². The lowest BCUT2D eigenvalue weighted by molar-refractivity contribution is -0.120. The first-order chi connectivity index (χ1) is 15.0. The van der Waals surface area contributed by atoms with Crippen LogP contribution in [0.15, 0.2) is 67.0 Å². The molecule has 2 heterocycles. The van der Waals surface area contributed by atoms with Gasteiger partial charge in [-0.1, -0.05) is 55.0 Å². The summed E-state index contributed by atoms with van der Waals surface area (Å²) in [6.07, 6.45) is 3.45. The first kappa shape index (κ1) is 21.3. The van der Waals surface area contributed by atoms with E-state index in [2.05, 4.69) is 23.8 Å². The maximum absolute atomic E-state index is 13.2. The Kier molecular flexibility index (Phi) is 6.49. The van der Waals surface area contributed by atoms with Crippen molar-refractivity contribution in [2.24, 2.45) is 0 Å². The lowest BCUT2D eigenvalue weighted by atomic mass is 10.0. The summed E-state index contributed by atoms with van der Waals surface area (Å²) in [6.45, 7) is 4.55. The Morgan fingerprint density at radius 3 is 2.68 bits per heavy atom. The third-order valence-electron chi connectivity index (χ3n) is 4.84. The number of nitrogens with zero attached hydrogens (tertiary/aromatic N) is 3. The van der Waals surface area contributed by atoms with Crippen LogP contribution in [0.25, 0.3) is 10.2 Å². The second-order valence-corrected chi connectivity index (χ2v) is 8.91. The lowest BCUT2D eigenvalue weighted by Gasteiger charge is -2.20. The van der Waals surface area contributed by atoms with E-state index in [0.717, 1.165) is 15.8 Å². The van der Waals surface area contributed by atoms with Crippen molar-refractivity contribution in [2.75, 3.05) is 11.5 Å². The van der Waals surface area contributed by atoms with E-state index >= 15 is 0 Å². The molecule has 0 atom stereocenters. The Bertz CT molecular complexity index is 1180. The summed E-state index contributed by atoms with van der Waals surface area (Å²) in [5.41, 5.74) is 2.94. The number of ether oxygens (including phenoxy) is 1. The number of carbonyl (C=O) groups excluding carboxylic acids is 1. The average Bonchev–Trinajstić information content (AvgIpc) is 3.19. The topological polar surface area (TPSA) is 55.3 Å². The highest BCUT2D eigenvalue weighted by atomic mass is 35.5. The fourth-order valence-corrected chi connectivity index (χ4v) is 4.37. The monoisotopic (exact) mass is 451 g/mol. The van der Waals surface area contributed by atoms with E-state index in [1.54, 1.807) is 23.4 Å². The first-order valence-electron chi connectivity index (χ1n) is 9.98. The molecule has 0 aliphatic rings. The highest BCUT2D eigenvalue weighted by molar-refractivity contribution is 7.22. The molecule has 0 saturated heterocycles. The molecule has 0 aliphatic heterocycles. The van der Waals surface area contributed by atoms with Gasteiger partial charge in [0, 0.05) is 17.4 Å². The summed E-state index contributed by atoms with van der Waals surface area (Å²) >= 11 is 7.55. The Balaban J connectivity index is 1.56. The third kappa shape index (κ3) is 5.21. The highest BCUT2D eigenvalue weighted by Gasteiger charge is 2.21. The number of benzene rings is 2. The van der Waals surface area contributed by atoms with Gasteiger partial charge in [0.05, 0.1) is 16.8 Å². The minimum absolute atomic E-state index is 0.0853. The molecule has 4 rings (SSSR count). The number of hydrogen-bond donors (Lipinski definition) is 0. The second-order valence-electron chi connectivity index (χ2n) is 7.46. The highest BCUT2D eigenvalue weighted by Crippen LogP contribution is 2.31. The number of pyridine rings is 1. The molecule has 2 aromatic carbocycles. The zero-order valence-electron chi connectivity index (χ0n) is 17.3. The van der Waals surface area contributed by atoms with Crippen LogP contribution in [0, 0.1) is 0 Å². The van der Waals surface area contributed by atoms with Gasteiger partial charge in [-0.2, -0.15) is 0 Å². The van der Waals surface area contributed by atoms with Gasteiger partial charge in [0.2, 0.25) is 0 Å². The van der Waals surface area contributed by atoms with Gasteiger partial charge in [-0.15, -0.1) is 0 Å². The van der Waals surface area contributed by atoms with Gasteiger partial charge in [0.1, 0.15) is 5.75 Å². The Labute approximate surface area is 190 Å². The van der Waals surface area contributed by atoms with Gasteiger partial charge >= 0.3 is 0 Å². The molecule has 0 spiro atoms. The summed E-state index contributed by atoms with van der Waals surface area (Å²) < 4.78 is 6.71. The molecule has 4 aromatic rings. The lowest BCUT2D eigenvalue weighted by Crippen LogP contribution is -2.34. The van der Waals surface area contributed by atoms with Crippen molar-refractivity contribution in [3.63, 3.8) is 0 Å². The molecular formula is C24H22ClN3O2S. The predicted octanol–water partition coefficient (Wildman–Crippen LogP) is 6.08. The van der Waals surface area contributed by atoms with Gasteiger partial charge < -0.3 is 4.74 Å². The van der Waals surface area contributed by atoms with Crippen LogP contribution in [-0.2, 0) is 11.3 Å². The van der Waals surface area contributed by atoms with Crippen LogP contribution >= 0.6 is 22.9 Å². The smallest absolute Gasteiger partial charge is 0.267 e. The Hall–Kier alpha value is -2.96. The van der Waals surface area contributed by atoms with Crippen LogP contribution < -0.4 is 9.64 Å². The minimum atomic E-state index is -0.179. The quantitative estimate of drug-likeness (QED) is 0.341. The van der Waals surface area contributed by atoms with Gasteiger partial charge in [-0.25, -0.2) is 4.98 Å². The molecule has 0 bridgehead atoms. The van der Waals surface area contributed by atoms with Gasteiger partial charge in [-0.05, 0) is 53.4 Å². The fraction of sp³-hybridized carbons (Fsp3) is 0.208. The van der Waals surface area contributed by atoms with Crippen molar-refractivity contribution in [3.8, 4) is 5.75 Å². The van der Waals surface area contributed by atoms with Crippen molar-refractivity contribution in [2.45, 2.75) is 26.3 Å². The van der Waals surface area contributed by atoms with E-state index in [1.807, 2.05) is 48.5 Å². The van der Waals surface area contributed by atoms with E-state index in [-0.39, 0.29) is 12.5 Å².